The number of carbonyl (C=O) groups excluding carboxylic acids is 2. The number of ether oxygens (including phenoxy) is 1. The highest BCUT2D eigenvalue weighted by Crippen LogP contribution is 2.33. The SMILES string of the molecule is O=C(COC(=O)c1ccc(S(=O)(=O)N2CCCC2)cc1)Nc1ccccc1Sc1ccccc1. The fraction of sp³-hybridized carbons (Fsp3) is 0.200. The minimum atomic E-state index is -3.55. The van der Waals surface area contributed by atoms with E-state index >= 15 is 0 Å². The summed E-state index contributed by atoms with van der Waals surface area (Å²) < 4.78 is 31.8. The van der Waals surface area contributed by atoms with Gasteiger partial charge in [-0.2, -0.15) is 4.31 Å². The molecule has 176 valence electrons. The van der Waals surface area contributed by atoms with Crippen LogP contribution in [0.3, 0.4) is 0 Å². The highest BCUT2D eigenvalue weighted by molar-refractivity contribution is 7.99. The maximum atomic E-state index is 12.6. The molecule has 7 nitrogen and oxygen atoms in total. The predicted molar refractivity (Wildman–Crippen MR) is 130 cm³/mol. The van der Waals surface area contributed by atoms with Crippen LogP contribution in [0.15, 0.2) is 93.5 Å². The minimum Gasteiger partial charge on any atom is -0.452 e. The maximum absolute atomic E-state index is 12.6. The second kappa shape index (κ2) is 10.9. The standard InChI is InChI=1S/C25H24N2O5S2/c28-24(26-22-10-4-5-11-23(22)33-20-8-2-1-3-9-20)18-32-25(29)19-12-14-21(15-13-19)34(30,31)27-16-6-7-17-27/h1-5,8-15H,6-7,16-18H2,(H,26,28). The second-order valence-electron chi connectivity index (χ2n) is 7.67. The molecule has 1 saturated heterocycles. The van der Waals surface area contributed by atoms with E-state index in [0.29, 0.717) is 18.8 Å². The molecule has 0 spiro atoms. The number of carbonyl (C=O) groups is 2. The molecule has 1 fully saturated rings. The van der Waals surface area contributed by atoms with Gasteiger partial charge in [0.05, 0.1) is 16.1 Å². The van der Waals surface area contributed by atoms with Crippen molar-refractivity contribution < 1.29 is 22.7 Å². The van der Waals surface area contributed by atoms with Gasteiger partial charge in [0, 0.05) is 22.9 Å². The second-order valence-corrected chi connectivity index (χ2v) is 10.7. The Hall–Kier alpha value is -3.14. The van der Waals surface area contributed by atoms with Gasteiger partial charge in [0.15, 0.2) is 6.61 Å². The third-order valence-corrected chi connectivity index (χ3v) is 8.26. The molecule has 1 aliphatic heterocycles. The maximum Gasteiger partial charge on any atom is 0.338 e. The van der Waals surface area contributed by atoms with E-state index in [2.05, 4.69) is 5.32 Å². The molecule has 0 atom stereocenters. The van der Waals surface area contributed by atoms with Gasteiger partial charge in [0.2, 0.25) is 10.0 Å². The molecular formula is C25H24N2O5S2. The monoisotopic (exact) mass is 496 g/mol. The van der Waals surface area contributed by atoms with E-state index in [9.17, 15) is 18.0 Å². The number of benzene rings is 3. The molecule has 0 radical (unpaired) electrons. The molecule has 0 unspecified atom stereocenters. The average molecular weight is 497 g/mol. The lowest BCUT2D eigenvalue weighted by Crippen LogP contribution is -2.27. The molecule has 34 heavy (non-hydrogen) atoms. The number of nitrogens with one attached hydrogen (secondary N) is 1. The summed E-state index contributed by atoms with van der Waals surface area (Å²) in [5, 5.41) is 2.78. The molecule has 1 N–H and O–H groups in total. The molecule has 0 saturated carbocycles. The lowest BCUT2D eigenvalue weighted by Gasteiger charge is -2.15. The topological polar surface area (TPSA) is 92.8 Å². The van der Waals surface area contributed by atoms with Crippen molar-refractivity contribution in [3.8, 4) is 0 Å². The minimum absolute atomic E-state index is 0.135. The van der Waals surface area contributed by atoms with Gasteiger partial charge >= 0.3 is 5.97 Å². The molecule has 1 aliphatic rings. The van der Waals surface area contributed by atoms with Crippen LogP contribution in [0.1, 0.15) is 23.2 Å². The zero-order chi connectivity index (χ0) is 24.0. The number of amides is 1. The van der Waals surface area contributed by atoms with Crippen molar-refractivity contribution in [1.82, 2.24) is 4.31 Å². The fourth-order valence-corrected chi connectivity index (χ4v) is 5.96. The largest absolute Gasteiger partial charge is 0.452 e. The first kappa shape index (κ1) is 24.0. The lowest BCUT2D eigenvalue weighted by atomic mass is 10.2. The Morgan fingerprint density at radius 1 is 0.882 bits per heavy atom. The van der Waals surface area contributed by atoms with Gasteiger partial charge in [0.1, 0.15) is 0 Å². The van der Waals surface area contributed by atoms with E-state index < -0.39 is 28.5 Å². The Kier molecular flexibility index (Phi) is 7.66. The van der Waals surface area contributed by atoms with Crippen LogP contribution in [0.25, 0.3) is 0 Å². The molecule has 9 heteroatoms. The van der Waals surface area contributed by atoms with Crippen LogP contribution in [0.4, 0.5) is 5.69 Å². The van der Waals surface area contributed by atoms with Crippen molar-refractivity contribution >= 4 is 39.3 Å². The van der Waals surface area contributed by atoms with Gasteiger partial charge in [-0.05, 0) is 61.4 Å². The molecule has 3 aromatic rings. The van der Waals surface area contributed by atoms with Crippen molar-refractivity contribution in [3.05, 3.63) is 84.4 Å². The van der Waals surface area contributed by atoms with Gasteiger partial charge in [-0.25, -0.2) is 13.2 Å². The third kappa shape index (κ3) is 5.85. The van der Waals surface area contributed by atoms with Crippen LogP contribution in [-0.4, -0.2) is 44.3 Å². The summed E-state index contributed by atoms with van der Waals surface area (Å²) in [6, 6.07) is 22.7. The number of nitrogens with zero attached hydrogens (tertiary/aromatic N) is 1. The van der Waals surface area contributed by atoms with E-state index in [0.717, 1.165) is 22.6 Å². The van der Waals surface area contributed by atoms with Crippen LogP contribution in [0.5, 0.6) is 0 Å². The van der Waals surface area contributed by atoms with Crippen LogP contribution >= 0.6 is 11.8 Å². The van der Waals surface area contributed by atoms with Crippen LogP contribution < -0.4 is 5.32 Å². The quantitative estimate of drug-likeness (QED) is 0.464. The molecule has 0 aromatic heterocycles. The van der Waals surface area contributed by atoms with Gasteiger partial charge in [-0.1, -0.05) is 42.1 Å². The van der Waals surface area contributed by atoms with Gasteiger partial charge < -0.3 is 10.1 Å². The number of hydrogen-bond donors (Lipinski definition) is 1. The summed E-state index contributed by atoms with van der Waals surface area (Å²) in [5.74, 6) is -1.17. The number of rotatable bonds is 8. The highest BCUT2D eigenvalue weighted by Gasteiger charge is 2.27. The first-order valence-electron chi connectivity index (χ1n) is 10.8. The first-order chi connectivity index (χ1) is 16.4. The van der Waals surface area contributed by atoms with Crippen molar-refractivity contribution in [3.63, 3.8) is 0 Å². The van der Waals surface area contributed by atoms with E-state index in [1.54, 1.807) is 6.07 Å². The molecule has 3 aromatic carbocycles. The number of anilines is 1. The Balaban J connectivity index is 1.33. The molecule has 4 rings (SSSR count). The number of para-hydroxylation sites is 1. The van der Waals surface area contributed by atoms with Crippen LogP contribution in [0, 0.1) is 0 Å². The summed E-state index contributed by atoms with van der Waals surface area (Å²) in [5.41, 5.74) is 0.794. The van der Waals surface area contributed by atoms with Crippen molar-refractivity contribution in [2.45, 2.75) is 27.5 Å². The van der Waals surface area contributed by atoms with Gasteiger partial charge in [-0.3, -0.25) is 4.79 Å². The lowest BCUT2D eigenvalue weighted by molar-refractivity contribution is -0.119. The summed E-state index contributed by atoms with van der Waals surface area (Å²) in [6.07, 6.45) is 1.70. The van der Waals surface area contributed by atoms with E-state index in [4.69, 9.17) is 4.74 Å². The average Bonchev–Trinajstić information content (AvgIpc) is 3.41. The van der Waals surface area contributed by atoms with Crippen molar-refractivity contribution in [1.29, 1.82) is 0 Å². The first-order valence-corrected chi connectivity index (χ1v) is 13.1. The zero-order valence-electron chi connectivity index (χ0n) is 18.3. The number of sulfonamides is 1. The van der Waals surface area contributed by atoms with E-state index in [1.807, 2.05) is 48.5 Å². The van der Waals surface area contributed by atoms with Crippen LogP contribution in [0.2, 0.25) is 0 Å². The Bertz CT molecular complexity index is 1260. The van der Waals surface area contributed by atoms with E-state index in [1.165, 1.54) is 40.3 Å². The summed E-state index contributed by atoms with van der Waals surface area (Å²) >= 11 is 1.51. The molecule has 1 amide bonds. The van der Waals surface area contributed by atoms with Crippen molar-refractivity contribution in [2.24, 2.45) is 0 Å². The summed E-state index contributed by atoms with van der Waals surface area (Å²) in [7, 11) is -3.55. The third-order valence-electron chi connectivity index (χ3n) is 5.26. The van der Waals surface area contributed by atoms with E-state index in [-0.39, 0.29) is 10.5 Å². The Morgan fingerprint density at radius 2 is 1.53 bits per heavy atom. The summed E-state index contributed by atoms with van der Waals surface area (Å²) in [6.45, 7) is 0.555. The Labute approximate surface area is 203 Å². The summed E-state index contributed by atoms with van der Waals surface area (Å²) in [4.78, 5) is 26.8. The molecule has 0 bridgehead atoms. The van der Waals surface area contributed by atoms with Crippen molar-refractivity contribution in [2.75, 3.05) is 25.0 Å². The number of esters is 1. The van der Waals surface area contributed by atoms with Gasteiger partial charge in [-0.15, -0.1) is 0 Å². The smallest absolute Gasteiger partial charge is 0.338 e. The zero-order valence-corrected chi connectivity index (χ0v) is 20.0. The molecule has 0 aliphatic carbocycles. The predicted octanol–water partition coefficient (Wildman–Crippen LogP) is 4.42. The van der Waals surface area contributed by atoms with Crippen LogP contribution in [-0.2, 0) is 19.6 Å². The normalized spacial score (nSPS) is 14.0. The molecule has 1 heterocycles. The highest BCUT2D eigenvalue weighted by atomic mass is 32.2. The van der Waals surface area contributed by atoms with Gasteiger partial charge in [0.25, 0.3) is 5.91 Å². The Morgan fingerprint density at radius 3 is 2.24 bits per heavy atom. The fourth-order valence-electron chi connectivity index (χ4n) is 3.52. The number of hydrogen-bond acceptors (Lipinski definition) is 6. The molecular weight excluding hydrogens is 472 g/mol.